The van der Waals surface area contributed by atoms with Gasteiger partial charge in [-0.3, -0.25) is 9.59 Å². The lowest BCUT2D eigenvalue weighted by molar-refractivity contribution is -0.146. The number of hydrogen-bond acceptors (Lipinski definition) is 4. The highest BCUT2D eigenvalue weighted by molar-refractivity contribution is 5.82. The molecule has 0 bridgehead atoms. The molecule has 0 amide bonds. The van der Waals surface area contributed by atoms with Gasteiger partial charge in [-0.25, -0.2) is 0 Å². The van der Waals surface area contributed by atoms with Gasteiger partial charge < -0.3 is 9.63 Å². The fraction of sp³-hybridized carbons (Fsp3) is 0.656. The Labute approximate surface area is 221 Å². The number of carbonyl (C=O) groups is 2. The van der Waals surface area contributed by atoms with E-state index < -0.39 is 5.97 Å². The molecule has 5 rings (SSSR count). The van der Waals surface area contributed by atoms with Gasteiger partial charge in [0.05, 0.1) is 11.6 Å². The Hall–Kier alpha value is -2.43. The van der Waals surface area contributed by atoms with Crippen molar-refractivity contribution in [3.05, 3.63) is 51.9 Å². The molecule has 1 N–H and O–H groups in total. The summed E-state index contributed by atoms with van der Waals surface area (Å²) >= 11 is 0. The number of benzene rings is 1. The molecule has 1 heterocycles. The minimum atomic E-state index is -0.693. The van der Waals surface area contributed by atoms with Crippen molar-refractivity contribution in [3.8, 4) is 0 Å². The fourth-order valence-electron chi connectivity index (χ4n) is 6.93. The molecule has 0 saturated heterocycles. The Balaban J connectivity index is 1.34. The van der Waals surface area contributed by atoms with Crippen LogP contribution < -0.4 is 0 Å². The number of aliphatic carboxylic acids is 1. The number of hydrogen-bond donors (Lipinski definition) is 1. The summed E-state index contributed by atoms with van der Waals surface area (Å²) in [4.78, 5) is 24.8. The molecule has 2 aromatic rings. The van der Waals surface area contributed by atoms with Crippen LogP contribution in [0.4, 0.5) is 0 Å². The third kappa shape index (κ3) is 6.02. The molecule has 1 aromatic carbocycles. The Morgan fingerprint density at radius 1 is 1.03 bits per heavy atom. The fourth-order valence-corrected chi connectivity index (χ4v) is 6.93. The van der Waals surface area contributed by atoms with E-state index >= 15 is 0 Å². The Morgan fingerprint density at radius 2 is 1.73 bits per heavy atom. The minimum absolute atomic E-state index is 0.0117. The van der Waals surface area contributed by atoms with Crippen molar-refractivity contribution in [3.63, 3.8) is 0 Å². The van der Waals surface area contributed by atoms with E-state index in [2.05, 4.69) is 51.1 Å². The molecule has 5 nitrogen and oxygen atoms in total. The minimum Gasteiger partial charge on any atom is -0.481 e. The molecule has 1 aromatic heterocycles. The van der Waals surface area contributed by atoms with Crippen LogP contribution in [0, 0.1) is 37.5 Å². The maximum Gasteiger partial charge on any atom is 0.306 e. The van der Waals surface area contributed by atoms with Crippen LogP contribution >= 0.6 is 0 Å². The average molecular weight is 506 g/mol. The van der Waals surface area contributed by atoms with Gasteiger partial charge in [0.25, 0.3) is 0 Å². The van der Waals surface area contributed by atoms with Crippen LogP contribution in [-0.2, 0) is 16.0 Å². The lowest BCUT2D eigenvalue weighted by Gasteiger charge is -2.36. The number of aromatic nitrogens is 1. The van der Waals surface area contributed by atoms with Gasteiger partial charge in [-0.15, -0.1) is 0 Å². The van der Waals surface area contributed by atoms with E-state index in [9.17, 15) is 14.7 Å². The molecule has 200 valence electrons. The van der Waals surface area contributed by atoms with E-state index in [-0.39, 0.29) is 17.6 Å². The second-order valence-electron chi connectivity index (χ2n) is 12.9. The van der Waals surface area contributed by atoms with Gasteiger partial charge in [-0.2, -0.15) is 0 Å². The van der Waals surface area contributed by atoms with Gasteiger partial charge in [0.1, 0.15) is 11.5 Å². The van der Waals surface area contributed by atoms with Crippen molar-refractivity contribution in [1.82, 2.24) is 5.16 Å². The first kappa shape index (κ1) is 26.2. The zero-order valence-corrected chi connectivity index (χ0v) is 23.0. The summed E-state index contributed by atoms with van der Waals surface area (Å²) in [6.07, 6.45) is 9.14. The Bertz CT molecular complexity index is 1130. The van der Waals surface area contributed by atoms with Gasteiger partial charge >= 0.3 is 5.97 Å². The maximum absolute atomic E-state index is 13.4. The first-order chi connectivity index (χ1) is 17.7. The van der Waals surface area contributed by atoms with Gasteiger partial charge in [0.2, 0.25) is 0 Å². The quantitative estimate of drug-likeness (QED) is 0.323. The highest BCUT2D eigenvalue weighted by atomic mass is 16.5. The standard InChI is InChI=1S/C32H43NO4/c1-18(2)9-21-12-26(13-21)31-29(23-7-8-23)30(33-37-31)25(11-22-14-27(15-22)32(35)36)17-28(34)16-24-6-5-19(3)10-20(24)4/h5-6,10,18,21-23,25-27H,7-9,11-17H2,1-4H3,(H,35,36). The summed E-state index contributed by atoms with van der Waals surface area (Å²) in [5, 5.41) is 14.1. The Morgan fingerprint density at radius 3 is 2.35 bits per heavy atom. The summed E-state index contributed by atoms with van der Waals surface area (Å²) in [6, 6.07) is 6.30. The van der Waals surface area contributed by atoms with Gasteiger partial charge in [-0.1, -0.05) is 42.8 Å². The summed E-state index contributed by atoms with van der Waals surface area (Å²) in [6.45, 7) is 8.75. The number of Topliss-reactive ketones (excluding diaryl/α,β-unsaturated/α-hetero) is 1. The molecular formula is C32H43NO4. The van der Waals surface area contributed by atoms with Crippen LogP contribution in [0.5, 0.6) is 0 Å². The van der Waals surface area contributed by atoms with Crippen molar-refractivity contribution >= 4 is 11.8 Å². The molecule has 1 unspecified atom stereocenters. The monoisotopic (exact) mass is 505 g/mol. The largest absolute Gasteiger partial charge is 0.481 e. The molecule has 3 aliphatic carbocycles. The van der Waals surface area contributed by atoms with Crippen LogP contribution in [-0.4, -0.2) is 22.0 Å². The number of nitrogens with zero attached hydrogens (tertiary/aromatic N) is 1. The van der Waals surface area contributed by atoms with Crippen LogP contribution in [0.2, 0.25) is 0 Å². The summed E-state index contributed by atoms with van der Waals surface area (Å²) < 4.78 is 6.10. The topological polar surface area (TPSA) is 80.4 Å². The molecule has 3 fully saturated rings. The van der Waals surface area contributed by atoms with E-state index in [1.54, 1.807) is 0 Å². The second kappa shape index (κ2) is 10.7. The highest BCUT2D eigenvalue weighted by Crippen LogP contribution is 2.53. The first-order valence-electron chi connectivity index (χ1n) is 14.5. The number of aryl methyl sites for hydroxylation is 2. The molecule has 0 radical (unpaired) electrons. The smallest absolute Gasteiger partial charge is 0.306 e. The van der Waals surface area contributed by atoms with Crippen molar-refractivity contribution in [1.29, 1.82) is 0 Å². The van der Waals surface area contributed by atoms with Crippen LogP contribution in [0.25, 0.3) is 0 Å². The number of ketones is 1. The third-order valence-corrected chi connectivity index (χ3v) is 9.13. The third-order valence-electron chi connectivity index (χ3n) is 9.13. The SMILES string of the molecule is Cc1ccc(CC(=O)CC(CC2CC(C(=O)O)C2)c2noc(C3CC(CC(C)C)C3)c2C2CC2)c(C)c1. The molecule has 37 heavy (non-hydrogen) atoms. The number of rotatable bonds is 12. The van der Waals surface area contributed by atoms with E-state index in [0.29, 0.717) is 43.4 Å². The van der Waals surface area contributed by atoms with Crippen molar-refractivity contribution in [2.45, 2.75) is 110 Å². The molecule has 3 aliphatic rings. The first-order valence-corrected chi connectivity index (χ1v) is 14.5. The summed E-state index contributed by atoms with van der Waals surface area (Å²) in [5.41, 5.74) is 5.79. The predicted octanol–water partition coefficient (Wildman–Crippen LogP) is 7.49. The number of carboxylic acid groups (broad SMARTS) is 1. The van der Waals surface area contributed by atoms with E-state index in [4.69, 9.17) is 4.52 Å². The Kier molecular flexibility index (Phi) is 7.60. The lowest BCUT2D eigenvalue weighted by Crippen LogP contribution is -2.31. The second-order valence-corrected chi connectivity index (χ2v) is 12.9. The number of carboxylic acids is 1. The normalized spacial score (nSPS) is 26.0. The van der Waals surface area contributed by atoms with E-state index in [0.717, 1.165) is 40.8 Å². The molecule has 3 saturated carbocycles. The molecule has 0 spiro atoms. The lowest BCUT2D eigenvalue weighted by atomic mass is 9.68. The molecule has 1 atom stereocenters. The zero-order valence-electron chi connectivity index (χ0n) is 23.0. The van der Waals surface area contributed by atoms with Gasteiger partial charge in [-0.05, 0) is 100 Å². The summed E-state index contributed by atoms with van der Waals surface area (Å²) in [7, 11) is 0. The van der Waals surface area contributed by atoms with Crippen molar-refractivity contribution in [2.75, 3.05) is 0 Å². The van der Waals surface area contributed by atoms with Gasteiger partial charge in [0.15, 0.2) is 0 Å². The molecule has 0 aliphatic heterocycles. The summed E-state index contributed by atoms with van der Waals surface area (Å²) in [5.74, 6) is 3.25. The predicted molar refractivity (Wildman–Crippen MR) is 144 cm³/mol. The maximum atomic E-state index is 13.4. The average Bonchev–Trinajstić information content (AvgIpc) is 3.52. The van der Waals surface area contributed by atoms with E-state index in [1.807, 2.05) is 0 Å². The number of carbonyl (C=O) groups excluding carboxylic acids is 1. The van der Waals surface area contributed by atoms with Crippen LogP contribution in [0.1, 0.15) is 123 Å². The van der Waals surface area contributed by atoms with E-state index in [1.165, 1.54) is 43.2 Å². The molecule has 5 heteroatoms. The van der Waals surface area contributed by atoms with Crippen LogP contribution in [0.3, 0.4) is 0 Å². The van der Waals surface area contributed by atoms with Crippen molar-refractivity contribution < 1.29 is 19.2 Å². The molecular weight excluding hydrogens is 462 g/mol. The van der Waals surface area contributed by atoms with Gasteiger partial charge in [0, 0.05) is 30.2 Å². The van der Waals surface area contributed by atoms with Crippen LogP contribution in [0.15, 0.2) is 22.7 Å². The zero-order chi connectivity index (χ0) is 26.3. The van der Waals surface area contributed by atoms with Crippen molar-refractivity contribution in [2.24, 2.45) is 23.7 Å². The highest BCUT2D eigenvalue weighted by Gasteiger charge is 2.43.